The average molecular weight is 537 g/mol. The van der Waals surface area contributed by atoms with Gasteiger partial charge < -0.3 is 9.80 Å². The highest BCUT2D eigenvalue weighted by molar-refractivity contribution is 7.13. The fourth-order valence-electron chi connectivity index (χ4n) is 4.96. The van der Waals surface area contributed by atoms with Gasteiger partial charge >= 0.3 is 0 Å². The molecule has 1 aliphatic heterocycles. The van der Waals surface area contributed by atoms with Crippen LogP contribution in [0.25, 0.3) is 22.0 Å². The van der Waals surface area contributed by atoms with Crippen molar-refractivity contribution in [2.75, 3.05) is 43.4 Å². The standard InChI is InChI=1S/C30H28N6O2S/c1-34-14-16-35(17-15-34)24-10-7-21(8-11-24)23-9-12-25-26(19-23)32-20-36(29(25)38)27(22-5-3-2-4-6-22)28(37)33-30-31-13-18-39-30/h2-13,18-20,27H,14-17H2,1H3,(H,31,33,37). The van der Waals surface area contributed by atoms with Crippen LogP contribution in [0.1, 0.15) is 11.6 Å². The zero-order valence-electron chi connectivity index (χ0n) is 21.5. The Morgan fingerprint density at radius 3 is 2.38 bits per heavy atom. The summed E-state index contributed by atoms with van der Waals surface area (Å²) in [7, 11) is 2.15. The third kappa shape index (κ3) is 5.19. The summed E-state index contributed by atoms with van der Waals surface area (Å²) in [6.45, 7) is 4.17. The molecule has 1 aliphatic rings. The SMILES string of the molecule is CN1CCN(c2ccc(-c3ccc4c(=O)n(C(C(=O)Nc5nccs5)c5ccccc5)cnc4c3)cc2)CC1. The smallest absolute Gasteiger partial charge is 0.262 e. The molecule has 2 aromatic heterocycles. The van der Waals surface area contributed by atoms with Crippen molar-refractivity contribution in [2.24, 2.45) is 0 Å². The molecule has 0 radical (unpaired) electrons. The lowest BCUT2D eigenvalue weighted by molar-refractivity contribution is -0.118. The van der Waals surface area contributed by atoms with Crippen LogP contribution in [0.3, 0.4) is 0 Å². The maximum atomic E-state index is 13.7. The van der Waals surface area contributed by atoms with E-state index < -0.39 is 6.04 Å². The van der Waals surface area contributed by atoms with Gasteiger partial charge in [0.2, 0.25) is 0 Å². The summed E-state index contributed by atoms with van der Waals surface area (Å²) in [6.07, 6.45) is 3.09. The first-order chi connectivity index (χ1) is 19.1. The fourth-order valence-corrected chi connectivity index (χ4v) is 5.49. The first kappa shape index (κ1) is 25.0. The Morgan fingerprint density at radius 1 is 0.923 bits per heavy atom. The van der Waals surface area contributed by atoms with Crippen LogP contribution in [0, 0.1) is 0 Å². The van der Waals surface area contributed by atoms with Crippen LogP contribution in [0.15, 0.2) is 95.5 Å². The number of carbonyl (C=O) groups is 1. The molecule has 1 saturated heterocycles. The molecule has 196 valence electrons. The van der Waals surface area contributed by atoms with Gasteiger partial charge in [-0.15, -0.1) is 11.3 Å². The van der Waals surface area contributed by atoms with Crippen LogP contribution in [0.5, 0.6) is 0 Å². The minimum Gasteiger partial charge on any atom is -0.369 e. The number of piperazine rings is 1. The van der Waals surface area contributed by atoms with Gasteiger partial charge in [0.25, 0.3) is 11.5 Å². The number of amides is 1. The lowest BCUT2D eigenvalue weighted by Crippen LogP contribution is -2.44. The highest BCUT2D eigenvalue weighted by Crippen LogP contribution is 2.27. The second-order valence-corrected chi connectivity index (χ2v) is 10.6. The molecular formula is C30H28N6O2S. The van der Waals surface area contributed by atoms with Crippen LogP contribution in [0.4, 0.5) is 10.8 Å². The molecule has 3 aromatic carbocycles. The van der Waals surface area contributed by atoms with E-state index in [1.165, 1.54) is 27.9 Å². The molecule has 3 heterocycles. The average Bonchev–Trinajstić information content (AvgIpc) is 3.48. The number of anilines is 2. The number of hydrogen-bond donors (Lipinski definition) is 1. The van der Waals surface area contributed by atoms with Gasteiger partial charge in [0, 0.05) is 43.4 Å². The minimum absolute atomic E-state index is 0.278. The molecular weight excluding hydrogens is 508 g/mol. The number of likely N-dealkylation sites (N-methyl/N-ethyl adjacent to an activating group) is 1. The van der Waals surface area contributed by atoms with Crippen molar-refractivity contribution in [1.82, 2.24) is 19.4 Å². The predicted molar refractivity (Wildman–Crippen MR) is 156 cm³/mol. The molecule has 0 bridgehead atoms. The molecule has 8 nitrogen and oxygen atoms in total. The van der Waals surface area contributed by atoms with Crippen molar-refractivity contribution in [3.63, 3.8) is 0 Å². The van der Waals surface area contributed by atoms with Gasteiger partial charge in [-0.25, -0.2) is 9.97 Å². The summed E-state index contributed by atoms with van der Waals surface area (Å²) in [4.78, 5) is 40.5. The van der Waals surface area contributed by atoms with Crippen LogP contribution >= 0.6 is 11.3 Å². The number of nitrogens with zero attached hydrogens (tertiary/aromatic N) is 5. The predicted octanol–water partition coefficient (Wildman–Crippen LogP) is 4.50. The van der Waals surface area contributed by atoms with E-state index in [9.17, 15) is 9.59 Å². The van der Waals surface area contributed by atoms with E-state index >= 15 is 0 Å². The minimum atomic E-state index is -0.888. The van der Waals surface area contributed by atoms with Crippen LogP contribution in [0.2, 0.25) is 0 Å². The molecule has 9 heteroatoms. The normalized spacial score (nSPS) is 14.8. The van der Waals surface area contributed by atoms with Gasteiger partial charge in [-0.1, -0.05) is 48.5 Å². The Kier molecular flexibility index (Phi) is 6.91. The van der Waals surface area contributed by atoms with Crippen molar-refractivity contribution in [3.8, 4) is 11.1 Å². The van der Waals surface area contributed by atoms with Gasteiger partial charge in [0.15, 0.2) is 5.13 Å². The molecule has 1 unspecified atom stereocenters. The maximum absolute atomic E-state index is 13.7. The summed E-state index contributed by atoms with van der Waals surface area (Å²) in [5.41, 5.74) is 4.26. The van der Waals surface area contributed by atoms with Crippen LogP contribution in [-0.4, -0.2) is 58.6 Å². The molecule has 1 atom stereocenters. The topological polar surface area (TPSA) is 83.4 Å². The number of nitrogens with one attached hydrogen (secondary N) is 1. The molecule has 1 fully saturated rings. The first-order valence-corrected chi connectivity index (χ1v) is 13.7. The molecule has 39 heavy (non-hydrogen) atoms. The van der Waals surface area contributed by atoms with E-state index in [4.69, 9.17) is 0 Å². The largest absolute Gasteiger partial charge is 0.369 e. The quantitative estimate of drug-likeness (QED) is 0.344. The lowest BCUT2D eigenvalue weighted by Gasteiger charge is -2.34. The third-order valence-corrected chi connectivity index (χ3v) is 7.85. The zero-order valence-corrected chi connectivity index (χ0v) is 22.3. The monoisotopic (exact) mass is 536 g/mol. The Bertz CT molecular complexity index is 1640. The Balaban J connectivity index is 1.31. The van der Waals surface area contributed by atoms with Crippen molar-refractivity contribution in [2.45, 2.75) is 6.04 Å². The number of aromatic nitrogens is 3. The van der Waals surface area contributed by atoms with E-state index in [0.29, 0.717) is 21.6 Å². The van der Waals surface area contributed by atoms with E-state index in [2.05, 4.69) is 56.4 Å². The van der Waals surface area contributed by atoms with Gasteiger partial charge in [0.05, 0.1) is 17.2 Å². The number of fused-ring (bicyclic) bond motifs is 1. The Labute approximate surface area is 230 Å². The summed E-state index contributed by atoms with van der Waals surface area (Å²) in [6, 6.07) is 22.5. The first-order valence-electron chi connectivity index (χ1n) is 12.9. The molecule has 0 saturated carbocycles. The van der Waals surface area contributed by atoms with Crippen LogP contribution in [-0.2, 0) is 4.79 Å². The number of carbonyl (C=O) groups excluding carboxylic acids is 1. The summed E-state index contributed by atoms with van der Waals surface area (Å²) >= 11 is 1.32. The van der Waals surface area contributed by atoms with Crippen molar-refractivity contribution >= 4 is 39.0 Å². The molecule has 5 aromatic rings. The third-order valence-electron chi connectivity index (χ3n) is 7.16. The van der Waals surface area contributed by atoms with E-state index in [-0.39, 0.29) is 11.5 Å². The van der Waals surface area contributed by atoms with Gasteiger partial charge in [-0.05, 0) is 48.0 Å². The number of benzene rings is 3. The van der Waals surface area contributed by atoms with Crippen LogP contribution < -0.4 is 15.8 Å². The van der Waals surface area contributed by atoms with Crippen molar-refractivity contribution < 1.29 is 4.79 Å². The molecule has 1 N–H and O–H groups in total. The zero-order chi connectivity index (χ0) is 26.8. The second kappa shape index (κ2) is 10.8. The highest BCUT2D eigenvalue weighted by atomic mass is 32.1. The summed E-state index contributed by atoms with van der Waals surface area (Å²) in [5, 5.41) is 5.55. The van der Waals surface area contributed by atoms with E-state index in [1.807, 2.05) is 42.5 Å². The molecule has 1 amide bonds. The van der Waals surface area contributed by atoms with Gasteiger partial charge in [0.1, 0.15) is 6.04 Å². The summed E-state index contributed by atoms with van der Waals surface area (Å²) < 4.78 is 1.39. The fraction of sp³-hybridized carbons (Fsp3) is 0.200. The van der Waals surface area contributed by atoms with E-state index in [0.717, 1.165) is 37.3 Å². The molecule has 0 aliphatic carbocycles. The number of rotatable bonds is 6. The van der Waals surface area contributed by atoms with Crippen molar-refractivity contribution in [1.29, 1.82) is 0 Å². The number of hydrogen-bond acceptors (Lipinski definition) is 7. The maximum Gasteiger partial charge on any atom is 0.262 e. The Morgan fingerprint density at radius 2 is 1.67 bits per heavy atom. The van der Waals surface area contributed by atoms with Gasteiger partial charge in [-0.3, -0.25) is 19.5 Å². The van der Waals surface area contributed by atoms with E-state index in [1.54, 1.807) is 17.6 Å². The Hall–Kier alpha value is -4.34. The highest BCUT2D eigenvalue weighted by Gasteiger charge is 2.25. The second-order valence-electron chi connectivity index (χ2n) is 9.67. The molecule has 0 spiro atoms. The lowest BCUT2D eigenvalue weighted by atomic mass is 10.0. The summed E-state index contributed by atoms with van der Waals surface area (Å²) in [5.74, 6) is -0.350. The molecule has 6 rings (SSSR count). The number of thiazole rings is 1. The van der Waals surface area contributed by atoms with Gasteiger partial charge in [-0.2, -0.15) is 0 Å². The van der Waals surface area contributed by atoms with Crippen molar-refractivity contribution in [3.05, 3.63) is 107 Å².